The van der Waals surface area contributed by atoms with E-state index < -0.39 is 26.5 Å². The number of hydrogen-bond donors (Lipinski definition) is 1. The molecule has 4 rings (SSSR count). The van der Waals surface area contributed by atoms with Crippen LogP contribution in [0.1, 0.15) is 11.5 Å². The van der Waals surface area contributed by atoms with Crippen molar-refractivity contribution in [3.05, 3.63) is 97.5 Å². The number of allylic oxidation sites excluding steroid dienone is 1. The molecule has 1 fully saturated rings. The molecule has 0 radical (unpaired) electrons. The summed E-state index contributed by atoms with van der Waals surface area (Å²) in [5, 5.41) is 12.4. The molecule has 2 aromatic rings. The van der Waals surface area contributed by atoms with Gasteiger partial charge in [-0.1, -0.05) is 42.1 Å². The minimum Gasteiger partial charge on any atom is -0.384 e. The summed E-state index contributed by atoms with van der Waals surface area (Å²) in [6.45, 7) is 0.368. The van der Waals surface area contributed by atoms with E-state index >= 15 is 0 Å². The summed E-state index contributed by atoms with van der Waals surface area (Å²) in [6, 6.07) is 12.7. The fourth-order valence-electron chi connectivity index (χ4n) is 3.55. The number of rotatable bonds is 4. The van der Waals surface area contributed by atoms with Crippen LogP contribution in [0, 0.1) is 15.9 Å². The number of thioether (sulfide) groups is 1. The second-order valence-electron chi connectivity index (χ2n) is 6.50. The van der Waals surface area contributed by atoms with Gasteiger partial charge in [0.1, 0.15) is 22.5 Å². The standard InChI is InChI=1S/C19H16FN3O4S2/c20-13-8-6-12(7-9-13)15-16(23(24)25)19-22(10-11-28-19)18(21)17(15)29(26,27)14-4-2-1-3-5-14/h1-9,15H,10-11,21H2. The number of nitro groups is 1. The Bertz CT molecular complexity index is 1150. The molecular formula is C19H16FN3O4S2. The Morgan fingerprint density at radius 3 is 2.41 bits per heavy atom. The van der Waals surface area contributed by atoms with E-state index in [1.54, 1.807) is 18.2 Å². The lowest BCUT2D eigenvalue weighted by molar-refractivity contribution is -0.430. The third-order valence-corrected chi connectivity index (χ3v) is 7.85. The first-order valence-electron chi connectivity index (χ1n) is 8.66. The molecule has 0 spiro atoms. The van der Waals surface area contributed by atoms with Crippen LogP contribution in [0.25, 0.3) is 0 Å². The van der Waals surface area contributed by atoms with E-state index in [-0.39, 0.29) is 26.9 Å². The predicted molar refractivity (Wildman–Crippen MR) is 107 cm³/mol. The zero-order chi connectivity index (χ0) is 20.8. The smallest absolute Gasteiger partial charge is 0.288 e. The van der Waals surface area contributed by atoms with Gasteiger partial charge in [-0.3, -0.25) is 10.1 Å². The van der Waals surface area contributed by atoms with Gasteiger partial charge in [-0.25, -0.2) is 12.8 Å². The fourth-order valence-corrected chi connectivity index (χ4v) is 6.42. The number of hydrogen-bond acceptors (Lipinski definition) is 7. The SMILES string of the molecule is NC1=C(S(=O)(=O)c2ccccc2)C(c2ccc(F)cc2)C([N+](=O)[O-])=C2SCCN12. The van der Waals surface area contributed by atoms with Crippen molar-refractivity contribution in [1.82, 2.24) is 4.90 Å². The van der Waals surface area contributed by atoms with Gasteiger partial charge >= 0.3 is 0 Å². The number of halogens is 1. The molecule has 0 aliphatic carbocycles. The molecule has 1 atom stereocenters. The van der Waals surface area contributed by atoms with Crippen LogP contribution >= 0.6 is 11.8 Å². The first kappa shape index (κ1) is 19.5. The minimum absolute atomic E-state index is 0.0111. The van der Waals surface area contributed by atoms with Crippen LogP contribution in [-0.4, -0.2) is 30.5 Å². The molecule has 0 bridgehead atoms. The molecule has 0 aromatic heterocycles. The molecule has 2 aliphatic heterocycles. The number of nitrogens with zero attached hydrogens (tertiary/aromatic N) is 2. The van der Waals surface area contributed by atoms with E-state index in [0.717, 1.165) is 12.1 Å². The largest absolute Gasteiger partial charge is 0.384 e. The van der Waals surface area contributed by atoms with Gasteiger partial charge in [-0.05, 0) is 29.8 Å². The molecule has 2 heterocycles. The number of benzene rings is 2. The summed E-state index contributed by atoms with van der Waals surface area (Å²) in [7, 11) is -4.15. The maximum Gasteiger partial charge on any atom is 0.288 e. The second-order valence-corrected chi connectivity index (χ2v) is 9.50. The normalized spacial score (nSPS) is 19.5. The molecular weight excluding hydrogens is 417 g/mol. The van der Waals surface area contributed by atoms with E-state index in [1.165, 1.54) is 40.9 Å². The average Bonchev–Trinajstić information content (AvgIpc) is 3.18. The van der Waals surface area contributed by atoms with Crippen LogP contribution in [0.3, 0.4) is 0 Å². The molecule has 7 nitrogen and oxygen atoms in total. The second kappa shape index (κ2) is 7.20. The summed E-state index contributed by atoms with van der Waals surface area (Å²) < 4.78 is 40.5. The van der Waals surface area contributed by atoms with Crippen LogP contribution < -0.4 is 5.73 Å². The summed E-state index contributed by atoms with van der Waals surface area (Å²) in [5.74, 6) is -1.26. The Morgan fingerprint density at radius 2 is 1.79 bits per heavy atom. The summed E-state index contributed by atoms with van der Waals surface area (Å²) >= 11 is 1.26. The van der Waals surface area contributed by atoms with Crippen LogP contribution in [0.15, 0.2) is 80.9 Å². The molecule has 1 saturated heterocycles. The zero-order valence-corrected chi connectivity index (χ0v) is 16.6. The van der Waals surface area contributed by atoms with E-state index in [0.29, 0.717) is 17.3 Å². The zero-order valence-electron chi connectivity index (χ0n) is 15.0. The van der Waals surface area contributed by atoms with Crippen LogP contribution in [0.4, 0.5) is 4.39 Å². The highest BCUT2D eigenvalue weighted by atomic mass is 32.2. The Balaban J connectivity index is 2.01. The molecule has 0 saturated carbocycles. The third kappa shape index (κ3) is 3.18. The highest BCUT2D eigenvalue weighted by molar-refractivity contribution is 8.03. The Labute approximate surface area is 170 Å². The van der Waals surface area contributed by atoms with Crippen LogP contribution in [-0.2, 0) is 9.84 Å². The number of fused-ring (bicyclic) bond motifs is 1. The lowest BCUT2D eigenvalue weighted by Crippen LogP contribution is -2.36. The lowest BCUT2D eigenvalue weighted by Gasteiger charge is -2.31. The van der Waals surface area contributed by atoms with E-state index in [2.05, 4.69) is 0 Å². The molecule has 0 amide bonds. The molecule has 2 N–H and O–H groups in total. The van der Waals surface area contributed by atoms with Gasteiger partial charge in [0, 0.05) is 12.3 Å². The van der Waals surface area contributed by atoms with Gasteiger partial charge < -0.3 is 10.6 Å². The van der Waals surface area contributed by atoms with Gasteiger partial charge in [-0.15, -0.1) is 0 Å². The summed E-state index contributed by atoms with van der Waals surface area (Å²) in [6.07, 6.45) is 0. The van der Waals surface area contributed by atoms with Crippen molar-refractivity contribution < 1.29 is 17.7 Å². The number of nitrogens with two attached hydrogens (primary N) is 1. The van der Waals surface area contributed by atoms with Gasteiger partial charge in [0.25, 0.3) is 5.70 Å². The van der Waals surface area contributed by atoms with Crippen molar-refractivity contribution >= 4 is 21.6 Å². The predicted octanol–water partition coefficient (Wildman–Crippen LogP) is 3.02. The highest BCUT2D eigenvalue weighted by Gasteiger charge is 2.48. The first-order valence-corrected chi connectivity index (χ1v) is 11.1. The van der Waals surface area contributed by atoms with Crippen molar-refractivity contribution in [2.24, 2.45) is 5.73 Å². The van der Waals surface area contributed by atoms with Crippen molar-refractivity contribution in [1.29, 1.82) is 0 Å². The Hall–Kier alpha value is -2.85. The van der Waals surface area contributed by atoms with Gasteiger partial charge in [0.05, 0.1) is 9.82 Å². The quantitative estimate of drug-likeness (QED) is 0.583. The molecule has 29 heavy (non-hydrogen) atoms. The molecule has 10 heteroatoms. The maximum absolute atomic E-state index is 13.5. The monoisotopic (exact) mass is 433 g/mol. The average molecular weight is 433 g/mol. The molecule has 2 aromatic carbocycles. The summed E-state index contributed by atoms with van der Waals surface area (Å²) in [4.78, 5) is 12.7. The van der Waals surface area contributed by atoms with Gasteiger partial charge in [0.15, 0.2) is 5.03 Å². The van der Waals surface area contributed by atoms with Crippen molar-refractivity contribution in [3.63, 3.8) is 0 Å². The van der Waals surface area contributed by atoms with Crippen LogP contribution in [0.5, 0.6) is 0 Å². The molecule has 2 aliphatic rings. The van der Waals surface area contributed by atoms with E-state index in [1.807, 2.05) is 0 Å². The van der Waals surface area contributed by atoms with E-state index in [9.17, 15) is 22.9 Å². The van der Waals surface area contributed by atoms with Crippen molar-refractivity contribution in [2.45, 2.75) is 10.8 Å². The highest BCUT2D eigenvalue weighted by Crippen LogP contribution is 2.49. The first-order chi connectivity index (χ1) is 13.8. The minimum atomic E-state index is -4.15. The summed E-state index contributed by atoms with van der Waals surface area (Å²) in [5.41, 5.74) is 6.32. The number of sulfone groups is 1. The molecule has 1 unspecified atom stereocenters. The maximum atomic E-state index is 13.5. The topological polar surface area (TPSA) is 107 Å². The Kier molecular flexibility index (Phi) is 4.83. The van der Waals surface area contributed by atoms with Gasteiger partial charge in [0.2, 0.25) is 9.84 Å². The van der Waals surface area contributed by atoms with Crippen LogP contribution in [0.2, 0.25) is 0 Å². The molecule has 150 valence electrons. The fraction of sp³-hybridized carbons (Fsp3) is 0.158. The van der Waals surface area contributed by atoms with E-state index in [4.69, 9.17) is 5.73 Å². The third-order valence-electron chi connectivity index (χ3n) is 4.84. The Morgan fingerprint density at radius 1 is 1.14 bits per heavy atom. The van der Waals surface area contributed by atoms with Crippen molar-refractivity contribution in [2.75, 3.05) is 12.3 Å². The van der Waals surface area contributed by atoms with Gasteiger partial charge in [-0.2, -0.15) is 0 Å². The lowest BCUT2D eigenvalue weighted by atomic mass is 9.93. The van der Waals surface area contributed by atoms with Crippen molar-refractivity contribution in [3.8, 4) is 0 Å².